The van der Waals surface area contributed by atoms with E-state index in [4.69, 9.17) is 11.5 Å². The van der Waals surface area contributed by atoms with Crippen molar-refractivity contribution in [3.05, 3.63) is 0 Å². The molecule has 0 aliphatic heterocycles. The second-order valence-corrected chi connectivity index (χ2v) is 1.70. The minimum Gasteiger partial charge on any atom is -0.450 e. The van der Waals surface area contributed by atoms with E-state index >= 15 is 0 Å². The maximum absolute atomic E-state index is 9.62. The van der Waals surface area contributed by atoms with E-state index < -0.39 is 11.2 Å². The van der Waals surface area contributed by atoms with Crippen LogP contribution in [0, 0.1) is 12.3 Å². The Hall–Kier alpha value is -0.690. The molecule has 1 unspecified atom stereocenters. The second kappa shape index (κ2) is 3.33. The Labute approximate surface area is 54.8 Å². The van der Waals surface area contributed by atoms with Gasteiger partial charge < -0.3 is 9.84 Å². The van der Waals surface area contributed by atoms with Crippen molar-refractivity contribution in [1.82, 2.24) is 0 Å². The molecule has 0 aliphatic carbocycles. The molecular formula is C4H3BrO3. The van der Waals surface area contributed by atoms with Gasteiger partial charge in [-0.15, -0.1) is 6.42 Å². The van der Waals surface area contributed by atoms with Gasteiger partial charge in [-0.05, 0) is 15.9 Å². The van der Waals surface area contributed by atoms with Gasteiger partial charge in [0.25, 0.3) is 0 Å². The highest BCUT2D eigenvalue weighted by Crippen LogP contribution is 1.98. The fourth-order valence-electron chi connectivity index (χ4n) is 0.123. The van der Waals surface area contributed by atoms with Crippen molar-refractivity contribution in [2.45, 2.75) is 5.01 Å². The Morgan fingerprint density at radius 1 is 2.00 bits per heavy atom. The van der Waals surface area contributed by atoms with Gasteiger partial charge >= 0.3 is 6.16 Å². The third-order valence-electron chi connectivity index (χ3n) is 0.335. The number of carbonyl (C=O) groups is 1. The van der Waals surface area contributed by atoms with Crippen LogP contribution < -0.4 is 0 Å². The number of rotatable bonds is 1. The lowest BCUT2D eigenvalue weighted by molar-refractivity contribution is 0.0971. The number of ether oxygens (including phenoxy) is 1. The van der Waals surface area contributed by atoms with Crippen molar-refractivity contribution >= 4 is 22.1 Å². The van der Waals surface area contributed by atoms with Crippen molar-refractivity contribution in [3.8, 4) is 12.3 Å². The van der Waals surface area contributed by atoms with Gasteiger partial charge in [-0.25, -0.2) is 4.79 Å². The monoisotopic (exact) mass is 178 g/mol. The molecular weight excluding hydrogens is 176 g/mol. The van der Waals surface area contributed by atoms with Crippen LogP contribution in [0.15, 0.2) is 0 Å². The van der Waals surface area contributed by atoms with Gasteiger partial charge in [-0.3, -0.25) is 0 Å². The molecule has 3 nitrogen and oxygen atoms in total. The zero-order valence-corrected chi connectivity index (χ0v) is 5.38. The Kier molecular flexibility index (Phi) is 3.04. The molecule has 1 atom stereocenters. The van der Waals surface area contributed by atoms with Crippen molar-refractivity contribution in [3.63, 3.8) is 0 Å². The summed E-state index contributed by atoms with van der Waals surface area (Å²) < 4.78 is 4.00. The maximum atomic E-state index is 9.62. The lowest BCUT2D eigenvalue weighted by Crippen LogP contribution is -2.06. The van der Waals surface area contributed by atoms with Gasteiger partial charge in [0, 0.05) is 0 Å². The van der Waals surface area contributed by atoms with Gasteiger partial charge in [0.1, 0.15) is 0 Å². The van der Waals surface area contributed by atoms with Crippen LogP contribution in [0.1, 0.15) is 0 Å². The molecule has 0 spiro atoms. The minimum atomic E-state index is -1.38. The number of halogens is 1. The molecule has 44 valence electrons. The Morgan fingerprint density at radius 3 is 2.62 bits per heavy atom. The van der Waals surface area contributed by atoms with Crippen LogP contribution in [-0.2, 0) is 4.74 Å². The number of carboxylic acid groups (broad SMARTS) is 1. The Morgan fingerprint density at radius 2 is 2.50 bits per heavy atom. The summed E-state index contributed by atoms with van der Waals surface area (Å²) in [6, 6.07) is 0. The van der Waals surface area contributed by atoms with E-state index in [2.05, 4.69) is 20.7 Å². The van der Waals surface area contributed by atoms with Gasteiger partial charge in [-0.1, -0.05) is 5.92 Å². The fraction of sp³-hybridized carbons (Fsp3) is 0.250. The quantitative estimate of drug-likeness (QED) is 0.371. The molecule has 0 rings (SSSR count). The average Bonchev–Trinajstić information content (AvgIpc) is 1.65. The first kappa shape index (κ1) is 7.31. The summed E-state index contributed by atoms with van der Waals surface area (Å²) in [6.45, 7) is 0. The van der Waals surface area contributed by atoms with E-state index in [9.17, 15) is 4.79 Å². The van der Waals surface area contributed by atoms with Crippen LogP contribution in [0.4, 0.5) is 4.79 Å². The summed E-state index contributed by atoms with van der Waals surface area (Å²) in [5, 5.41) is 7.03. The Bertz CT molecular complexity index is 126. The zero-order valence-electron chi connectivity index (χ0n) is 3.80. The molecule has 0 amide bonds. The van der Waals surface area contributed by atoms with Crippen LogP contribution in [0.2, 0.25) is 0 Å². The number of terminal acetylenes is 1. The van der Waals surface area contributed by atoms with E-state index in [-0.39, 0.29) is 0 Å². The third-order valence-corrected chi connectivity index (χ3v) is 0.787. The molecule has 0 fully saturated rings. The summed E-state index contributed by atoms with van der Waals surface area (Å²) in [5.41, 5.74) is 0. The SMILES string of the molecule is C#CC(Br)OC(=O)O. The molecule has 0 radical (unpaired) electrons. The van der Waals surface area contributed by atoms with Gasteiger partial charge in [0.15, 0.2) is 0 Å². The molecule has 8 heavy (non-hydrogen) atoms. The smallest absolute Gasteiger partial charge is 0.450 e. The van der Waals surface area contributed by atoms with E-state index in [0.717, 1.165) is 0 Å². The van der Waals surface area contributed by atoms with Crippen LogP contribution in [-0.4, -0.2) is 16.3 Å². The highest BCUT2D eigenvalue weighted by molar-refractivity contribution is 9.09. The highest BCUT2D eigenvalue weighted by atomic mass is 79.9. The van der Waals surface area contributed by atoms with Crippen LogP contribution in [0.5, 0.6) is 0 Å². The van der Waals surface area contributed by atoms with Crippen LogP contribution in [0.25, 0.3) is 0 Å². The molecule has 1 N–H and O–H groups in total. The number of alkyl halides is 1. The predicted octanol–water partition coefficient (Wildman–Crippen LogP) is 1.04. The maximum Gasteiger partial charge on any atom is 0.507 e. The molecule has 4 heteroatoms. The van der Waals surface area contributed by atoms with Crippen LogP contribution in [0.3, 0.4) is 0 Å². The summed E-state index contributed by atoms with van der Waals surface area (Å²) in [7, 11) is 0. The molecule has 0 saturated heterocycles. The zero-order chi connectivity index (χ0) is 6.57. The molecule has 0 aromatic carbocycles. The number of hydrogen-bond acceptors (Lipinski definition) is 2. The molecule has 0 aromatic rings. The van der Waals surface area contributed by atoms with E-state index in [1.807, 2.05) is 5.92 Å². The molecule has 0 aliphatic rings. The number of hydrogen-bond donors (Lipinski definition) is 1. The lowest BCUT2D eigenvalue weighted by Gasteiger charge is -1.97. The van der Waals surface area contributed by atoms with Crippen molar-refractivity contribution in [2.24, 2.45) is 0 Å². The van der Waals surface area contributed by atoms with Crippen molar-refractivity contribution in [1.29, 1.82) is 0 Å². The van der Waals surface area contributed by atoms with Crippen molar-refractivity contribution in [2.75, 3.05) is 0 Å². The molecule has 0 bridgehead atoms. The van der Waals surface area contributed by atoms with Gasteiger partial charge in [0.2, 0.25) is 5.01 Å². The largest absolute Gasteiger partial charge is 0.507 e. The normalized spacial score (nSPS) is 11.5. The van der Waals surface area contributed by atoms with Crippen LogP contribution >= 0.6 is 15.9 Å². The molecule has 0 aromatic heterocycles. The molecule has 0 heterocycles. The van der Waals surface area contributed by atoms with Gasteiger partial charge in [0.05, 0.1) is 0 Å². The predicted molar refractivity (Wildman–Crippen MR) is 30.7 cm³/mol. The third kappa shape index (κ3) is 3.50. The van der Waals surface area contributed by atoms with E-state index in [1.54, 1.807) is 0 Å². The first-order valence-corrected chi connectivity index (χ1v) is 2.58. The average molecular weight is 179 g/mol. The van der Waals surface area contributed by atoms with Gasteiger partial charge in [-0.2, -0.15) is 0 Å². The van der Waals surface area contributed by atoms with E-state index in [1.165, 1.54) is 0 Å². The minimum absolute atomic E-state index is 0.833. The van der Waals surface area contributed by atoms with Crippen molar-refractivity contribution < 1.29 is 14.6 Å². The first-order valence-electron chi connectivity index (χ1n) is 1.66. The fourth-order valence-corrected chi connectivity index (χ4v) is 0.282. The topological polar surface area (TPSA) is 46.5 Å². The highest BCUT2D eigenvalue weighted by Gasteiger charge is 2.02. The lowest BCUT2D eigenvalue weighted by atomic mass is 10.8. The summed E-state index contributed by atoms with van der Waals surface area (Å²) in [4.78, 5) is 9.62. The first-order chi connectivity index (χ1) is 3.66. The summed E-state index contributed by atoms with van der Waals surface area (Å²) in [5.74, 6) is 2.01. The Balaban J connectivity index is 3.43. The standard InChI is InChI=1S/C4H3BrO3/c1-2-3(5)8-4(6)7/h1,3H,(H,6,7). The summed E-state index contributed by atoms with van der Waals surface area (Å²) >= 11 is 2.74. The second-order valence-electron chi connectivity index (χ2n) is 0.866. The van der Waals surface area contributed by atoms with E-state index in [0.29, 0.717) is 0 Å². The molecule has 0 saturated carbocycles. The summed E-state index contributed by atoms with van der Waals surface area (Å²) in [6.07, 6.45) is 3.35.